The van der Waals surface area contributed by atoms with Gasteiger partial charge in [-0.15, -0.1) is 0 Å². The Kier molecular flexibility index (Phi) is 3.44. The van der Waals surface area contributed by atoms with Gasteiger partial charge in [-0.3, -0.25) is 0 Å². The van der Waals surface area contributed by atoms with Crippen LogP contribution in [0.4, 0.5) is 10.1 Å². The van der Waals surface area contributed by atoms with Crippen LogP contribution in [-0.4, -0.2) is 12.6 Å². The second-order valence-corrected chi connectivity index (χ2v) is 4.38. The Morgan fingerprint density at radius 2 is 2.31 bits per heavy atom. The molecule has 88 valence electrons. The molecule has 16 heavy (non-hydrogen) atoms. The summed E-state index contributed by atoms with van der Waals surface area (Å²) in [5.41, 5.74) is 7.05. The Morgan fingerprint density at radius 3 is 2.94 bits per heavy atom. The SMILES string of the molecule is CCC1CCCN1c1ccc(CN)c(F)c1. The van der Waals surface area contributed by atoms with Gasteiger partial charge < -0.3 is 10.6 Å². The van der Waals surface area contributed by atoms with Crippen LogP contribution >= 0.6 is 0 Å². The van der Waals surface area contributed by atoms with Crippen molar-refractivity contribution in [2.45, 2.75) is 38.8 Å². The molecule has 1 aliphatic rings. The largest absolute Gasteiger partial charge is 0.368 e. The second-order valence-electron chi connectivity index (χ2n) is 4.38. The molecule has 1 aromatic rings. The van der Waals surface area contributed by atoms with E-state index in [1.807, 2.05) is 6.07 Å². The van der Waals surface area contributed by atoms with E-state index in [0.717, 1.165) is 18.7 Å². The maximum Gasteiger partial charge on any atom is 0.129 e. The average molecular weight is 222 g/mol. The molecule has 2 N–H and O–H groups in total. The molecular weight excluding hydrogens is 203 g/mol. The molecule has 0 spiro atoms. The molecule has 1 aliphatic heterocycles. The van der Waals surface area contributed by atoms with Crippen molar-refractivity contribution in [1.82, 2.24) is 0 Å². The normalized spacial score (nSPS) is 20.4. The van der Waals surface area contributed by atoms with Crippen molar-refractivity contribution >= 4 is 5.69 Å². The standard InChI is InChI=1S/C13H19FN2/c1-2-11-4-3-7-16(11)12-6-5-10(9-15)13(14)8-12/h5-6,8,11H,2-4,7,9,15H2,1H3. The van der Waals surface area contributed by atoms with E-state index in [4.69, 9.17) is 5.73 Å². The lowest BCUT2D eigenvalue weighted by Gasteiger charge is -2.26. The van der Waals surface area contributed by atoms with E-state index in [1.54, 1.807) is 12.1 Å². The van der Waals surface area contributed by atoms with Gasteiger partial charge in [0, 0.05) is 30.4 Å². The van der Waals surface area contributed by atoms with Crippen molar-refractivity contribution < 1.29 is 4.39 Å². The van der Waals surface area contributed by atoms with E-state index < -0.39 is 0 Å². The molecule has 3 heteroatoms. The minimum atomic E-state index is -0.179. The summed E-state index contributed by atoms with van der Waals surface area (Å²) in [5, 5.41) is 0. The maximum absolute atomic E-state index is 13.6. The number of hydrogen-bond donors (Lipinski definition) is 1. The molecule has 1 aromatic carbocycles. The highest BCUT2D eigenvalue weighted by atomic mass is 19.1. The van der Waals surface area contributed by atoms with Gasteiger partial charge in [0.05, 0.1) is 0 Å². The number of nitrogens with zero attached hydrogens (tertiary/aromatic N) is 1. The molecule has 0 bridgehead atoms. The zero-order valence-corrected chi connectivity index (χ0v) is 9.75. The van der Waals surface area contributed by atoms with Gasteiger partial charge in [0.15, 0.2) is 0 Å². The fourth-order valence-electron chi connectivity index (χ4n) is 2.48. The smallest absolute Gasteiger partial charge is 0.129 e. The third-order valence-electron chi connectivity index (χ3n) is 3.44. The Bertz CT molecular complexity index is 365. The molecule has 1 unspecified atom stereocenters. The first-order chi connectivity index (χ1) is 7.76. The molecule has 0 radical (unpaired) electrons. The quantitative estimate of drug-likeness (QED) is 0.852. The molecule has 1 fully saturated rings. The van der Waals surface area contributed by atoms with E-state index in [9.17, 15) is 4.39 Å². The summed E-state index contributed by atoms with van der Waals surface area (Å²) in [6.07, 6.45) is 3.55. The molecule has 0 aliphatic carbocycles. The monoisotopic (exact) mass is 222 g/mol. The summed E-state index contributed by atoms with van der Waals surface area (Å²) in [5.74, 6) is -0.179. The third-order valence-corrected chi connectivity index (χ3v) is 3.44. The Morgan fingerprint density at radius 1 is 1.50 bits per heavy atom. The predicted octanol–water partition coefficient (Wildman–Crippen LogP) is 2.66. The van der Waals surface area contributed by atoms with Crippen molar-refractivity contribution in [2.75, 3.05) is 11.4 Å². The number of rotatable bonds is 3. The highest BCUT2D eigenvalue weighted by Crippen LogP contribution is 2.28. The summed E-state index contributed by atoms with van der Waals surface area (Å²) < 4.78 is 13.6. The van der Waals surface area contributed by atoms with Crippen LogP contribution in [0.2, 0.25) is 0 Å². The molecular formula is C13H19FN2. The first-order valence-corrected chi connectivity index (χ1v) is 6.01. The average Bonchev–Trinajstić information content (AvgIpc) is 2.77. The van der Waals surface area contributed by atoms with Gasteiger partial charge in [-0.05, 0) is 31.4 Å². The fourth-order valence-corrected chi connectivity index (χ4v) is 2.48. The van der Waals surface area contributed by atoms with Crippen molar-refractivity contribution in [1.29, 1.82) is 0 Å². The lowest BCUT2D eigenvalue weighted by Crippen LogP contribution is -2.28. The molecule has 1 heterocycles. The number of halogens is 1. The zero-order valence-electron chi connectivity index (χ0n) is 9.75. The molecule has 2 nitrogen and oxygen atoms in total. The first-order valence-electron chi connectivity index (χ1n) is 6.01. The molecule has 0 aromatic heterocycles. The Hall–Kier alpha value is -1.09. The Labute approximate surface area is 96.2 Å². The van der Waals surface area contributed by atoms with Crippen molar-refractivity contribution in [3.63, 3.8) is 0 Å². The topological polar surface area (TPSA) is 29.3 Å². The highest BCUT2D eigenvalue weighted by molar-refractivity contribution is 5.50. The van der Waals surface area contributed by atoms with E-state index in [-0.39, 0.29) is 12.4 Å². The Balaban J connectivity index is 2.23. The third kappa shape index (κ3) is 2.05. The van der Waals surface area contributed by atoms with E-state index in [0.29, 0.717) is 11.6 Å². The van der Waals surface area contributed by atoms with Crippen molar-refractivity contribution in [3.8, 4) is 0 Å². The highest BCUT2D eigenvalue weighted by Gasteiger charge is 2.23. The molecule has 0 amide bonds. The first kappa shape index (κ1) is 11.4. The number of nitrogens with two attached hydrogens (primary N) is 1. The van der Waals surface area contributed by atoms with Crippen LogP contribution in [0.1, 0.15) is 31.7 Å². The van der Waals surface area contributed by atoms with Gasteiger partial charge >= 0.3 is 0 Å². The minimum Gasteiger partial charge on any atom is -0.368 e. The van der Waals surface area contributed by atoms with Crippen LogP contribution in [-0.2, 0) is 6.54 Å². The summed E-state index contributed by atoms with van der Waals surface area (Å²) in [4.78, 5) is 2.31. The van der Waals surface area contributed by atoms with Crippen LogP contribution in [0.3, 0.4) is 0 Å². The van der Waals surface area contributed by atoms with Gasteiger partial charge in [0.2, 0.25) is 0 Å². The summed E-state index contributed by atoms with van der Waals surface area (Å²) in [7, 11) is 0. The van der Waals surface area contributed by atoms with E-state index in [1.165, 1.54) is 12.8 Å². The van der Waals surface area contributed by atoms with E-state index >= 15 is 0 Å². The van der Waals surface area contributed by atoms with Gasteiger partial charge in [-0.25, -0.2) is 4.39 Å². The summed E-state index contributed by atoms with van der Waals surface area (Å²) in [6.45, 7) is 3.50. The van der Waals surface area contributed by atoms with Gasteiger partial charge in [0.1, 0.15) is 5.82 Å². The maximum atomic E-state index is 13.6. The molecule has 0 saturated carbocycles. The van der Waals surface area contributed by atoms with Crippen LogP contribution in [0, 0.1) is 5.82 Å². The van der Waals surface area contributed by atoms with Gasteiger partial charge in [-0.1, -0.05) is 13.0 Å². The number of benzene rings is 1. The zero-order chi connectivity index (χ0) is 11.5. The molecule has 2 rings (SSSR count). The van der Waals surface area contributed by atoms with Crippen LogP contribution < -0.4 is 10.6 Å². The predicted molar refractivity (Wildman–Crippen MR) is 65.0 cm³/mol. The van der Waals surface area contributed by atoms with Gasteiger partial charge in [-0.2, -0.15) is 0 Å². The second kappa shape index (κ2) is 4.83. The lowest BCUT2D eigenvalue weighted by atomic mass is 10.1. The van der Waals surface area contributed by atoms with Gasteiger partial charge in [0.25, 0.3) is 0 Å². The summed E-state index contributed by atoms with van der Waals surface area (Å²) in [6, 6.07) is 5.98. The van der Waals surface area contributed by atoms with Crippen LogP contribution in [0.15, 0.2) is 18.2 Å². The van der Waals surface area contributed by atoms with Crippen LogP contribution in [0.5, 0.6) is 0 Å². The minimum absolute atomic E-state index is 0.179. The molecule has 1 atom stereocenters. The van der Waals surface area contributed by atoms with E-state index in [2.05, 4.69) is 11.8 Å². The lowest BCUT2D eigenvalue weighted by molar-refractivity contribution is 0.605. The van der Waals surface area contributed by atoms with Crippen molar-refractivity contribution in [2.24, 2.45) is 5.73 Å². The van der Waals surface area contributed by atoms with Crippen LogP contribution in [0.25, 0.3) is 0 Å². The fraction of sp³-hybridized carbons (Fsp3) is 0.538. The van der Waals surface area contributed by atoms with Crippen molar-refractivity contribution in [3.05, 3.63) is 29.6 Å². The molecule has 1 saturated heterocycles. The number of hydrogen-bond acceptors (Lipinski definition) is 2. The summed E-state index contributed by atoms with van der Waals surface area (Å²) >= 11 is 0. The number of anilines is 1.